The van der Waals surface area contributed by atoms with E-state index in [1.807, 2.05) is 0 Å². The second-order valence-corrected chi connectivity index (χ2v) is 5.38. The SMILES string of the molecule is CCCc1c(NN)ncnc1Sc1ccc(C)cc1. The molecule has 100 valence electrons. The van der Waals surface area contributed by atoms with Crippen molar-refractivity contribution in [2.24, 2.45) is 5.84 Å². The van der Waals surface area contributed by atoms with E-state index in [1.165, 1.54) is 10.5 Å². The molecule has 0 unspecified atom stereocenters. The lowest BCUT2D eigenvalue weighted by molar-refractivity contribution is 0.856. The Morgan fingerprint density at radius 2 is 1.95 bits per heavy atom. The van der Waals surface area contributed by atoms with Gasteiger partial charge in [-0.05, 0) is 25.5 Å². The lowest BCUT2D eigenvalue weighted by atomic mass is 10.2. The number of hydrogen-bond acceptors (Lipinski definition) is 5. The van der Waals surface area contributed by atoms with Gasteiger partial charge < -0.3 is 5.43 Å². The van der Waals surface area contributed by atoms with Crippen LogP contribution < -0.4 is 11.3 Å². The van der Waals surface area contributed by atoms with Crippen LogP contribution >= 0.6 is 11.8 Å². The van der Waals surface area contributed by atoms with E-state index in [-0.39, 0.29) is 0 Å². The van der Waals surface area contributed by atoms with Crippen LogP contribution in [-0.4, -0.2) is 9.97 Å². The summed E-state index contributed by atoms with van der Waals surface area (Å²) in [4.78, 5) is 9.72. The highest BCUT2D eigenvalue weighted by molar-refractivity contribution is 7.99. The Morgan fingerprint density at radius 1 is 1.21 bits per heavy atom. The molecule has 3 N–H and O–H groups in total. The topological polar surface area (TPSA) is 63.8 Å². The Hall–Kier alpha value is -1.59. The zero-order valence-corrected chi connectivity index (χ0v) is 12.0. The summed E-state index contributed by atoms with van der Waals surface area (Å²) in [5.41, 5.74) is 4.99. The Labute approximate surface area is 117 Å². The van der Waals surface area contributed by atoms with Crippen LogP contribution in [-0.2, 0) is 6.42 Å². The smallest absolute Gasteiger partial charge is 0.147 e. The van der Waals surface area contributed by atoms with Crippen LogP contribution in [0.3, 0.4) is 0 Å². The highest BCUT2D eigenvalue weighted by atomic mass is 32.2. The van der Waals surface area contributed by atoms with Gasteiger partial charge in [-0.25, -0.2) is 15.8 Å². The van der Waals surface area contributed by atoms with E-state index in [9.17, 15) is 0 Å². The van der Waals surface area contributed by atoms with Crippen molar-refractivity contribution in [3.8, 4) is 0 Å². The van der Waals surface area contributed by atoms with Gasteiger partial charge >= 0.3 is 0 Å². The van der Waals surface area contributed by atoms with Crippen molar-refractivity contribution in [2.45, 2.75) is 36.6 Å². The minimum atomic E-state index is 0.714. The highest BCUT2D eigenvalue weighted by Crippen LogP contribution is 2.31. The van der Waals surface area contributed by atoms with Gasteiger partial charge in [-0.2, -0.15) is 0 Å². The van der Waals surface area contributed by atoms with Crippen LogP contribution in [0.15, 0.2) is 40.5 Å². The molecule has 19 heavy (non-hydrogen) atoms. The summed E-state index contributed by atoms with van der Waals surface area (Å²) in [5, 5.41) is 0.966. The summed E-state index contributed by atoms with van der Waals surface area (Å²) in [5.74, 6) is 6.23. The number of rotatable bonds is 5. The van der Waals surface area contributed by atoms with Crippen molar-refractivity contribution < 1.29 is 0 Å². The van der Waals surface area contributed by atoms with Gasteiger partial charge in [0.25, 0.3) is 0 Å². The second kappa shape index (κ2) is 6.54. The van der Waals surface area contributed by atoms with Gasteiger partial charge in [-0.15, -0.1) is 0 Å². The van der Waals surface area contributed by atoms with Crippen molar-refractivity contribution in [1.29, 1.82) is 0 Å². The molecule has 0 aliphatic heterocycles. The summed E-state index contributed by atoms with van der Waals surface area (Å²) >= 11 is 1.65. The van der Waals surface area contributed by atoms with E-state index in [0.29, 0.717) is 5.82 Å². The molecule has 0 aliphatic rings. The third-order valence-electron chi connectivity index (χ3n) is 2.78. The quantitative estimate of drug-likeness (QED) is 0.498. The molecule has 0 atom stereocenters. The minimum absolute atomic E-state index is 0.714. The van der Waals surface area contributed by atoms with E-state index in [1.54, 1.807) is 18.1 Å². The fraction of sp³-hybridized carbons (Fsp3) is 0.286. The predicted molar refractivity (Wildman–Crippen MR) is 79.1 cm³/mol. The Bertz CT molecular complexity index is 540. The molecule has 1 aromatic carbocycles. The Kier molecular flexibility index (Phi) is 4.76. The number of hydrazine groups is 1. The van der Waals surface area contributed by atoms with E-state index >= 15 is 0 Å². The first kappa shape index (κ1) is 13.8. The predicted octanol–water partition coefficient (Wildman–Crippen LogP) is 3.17. The van der Waals surface area contributed by atoms with Gasteiger partial charge in [-0.1, -0.05) is 42.8 Å². The Balaban J connectivity index is 2.30. The summed E-state index contributed by atoms with van der Waals surface area (Å²) in [6.07, 6.45) is 3.49. The number of benzene rings is 1. The molecule has 4 nitrogen and oxygen atoms in total. The number of nitrogens with two attached hydrogens (primary N) is 1. The molecule has 0 fully saturated rings. The maximum atomic E-state index is 5.51. The molecule has 0 amide bonds. The van der Waals surface area contributed by atoms with E-state index < -0.39 is 0 Å². The molecule has 0 radical (unpaired) electrons. The monoisotopic (exact) mass is 274 g/mol. The maximum Gasteiger partial charge on any atom is 0.147 e. The molecule has 1 aromatic heterocycles. The zero-order valence-electron chi connectivity index (χ0n) is 11.2. The molecule has 2 rings (SSSR count). The number of nitrogen functional groups attached to an aromatic ring is 1. The van der Waals surface area contributed by atoms with E-state index in [0.717, 1.165) is 23.4 Å². The highest BCUT2D eigenvalue weighted by Gasteiger charge is 2.11. The average Bonchev–Trinajstić information content (AvgIpc) is 2.43. The third-order valence-corrected chi connectivity index (χ3v) is 3.83. The molecule has 1 heterocycles. The first-order chi connectivity index (χ1) is 9.24. The lowest BCUT2D eigenvalue weighted by Crippen LogP contribution is -2.12. The van der Waals surface area contributed by atoms with Crippen LogP contribution in [0, 0.1) is 6.92 Å². The van der Waals surface area contributed by atoms with Gasteiger partial charge in [-0.3, -0.25) is 0 Å². The number of aromatic nitrogens is 2. The molecular weight excluding hydrogens is 256 g/mol. The normalized spacial score (nSPS) is 10.5. The summed E-state index contributed by atoms with van der Waals surface area (Å²) < 4.78 is 0. The molecule has 0 aliphatic carbocycles. The molecule has 2 aromatic rings. The van der Waals surface area contributed by atoms with Gasteiger partial charge in [0.1, 0.15) is 17.2 Å². The zero-order chi connectivity index (χ0) is 13.7. The third kappa shape index (κ3) is 3.45. The molecule has 5 heteroatoms. The van der Waals surface area contributed by atoms with Crippen LogP contribution in [0.1, 0.15) is 24.5 Å². The van der Waals surface area contributed by atoms with Crippen molar-refractivity contribution >= 4 is 17.6 Å². The van der Waals surface area contributed by atoms with E-state index in [4.69, 9.17) is 5.84 Å². The van der Waals surface area contributed by atoms with Crippen LogP contribution in [0.25, 0.3) is 0 Å². The van der Waals surface area contributed by atoms with Crippen LogP contribution in [0.4, 0.5) is 5.82 Å². The lowest BCUT2D eigenvalue weighted by Gasteiger charge is -2.11. The van der Waals surface area contributed by atoms with E-state index in [2.05, 4.69) is 53.5 Å². The first-order valence-corrected chi connectivity index (χ1v) is 7.11. The average molecular weight is 274 g/mol. The van der Waals surface area contributed by atoms with Crippen molar-refractivity contribution in [1.82, 2.24) is 9.97 Å². The molecule has 0 saturated carbocycles. The number of nitrogens with one attached hydrogen (secondary N) is 1. The summed E-state index contributed by atoms with van der Waals surface area (Å²) in [7, 11) is 0. The maximum absolute atomic E-state index is 5.51. The van der Waals surface area contributed by atoms with Crippen molar-refractivity contribution in [2.75, 3.05) is 5.43 Å². The fourth-order valence-electron chi connectivity index (χ4n) is 1.80. The van der Waals surface area contributed by atoms with Crippen molar-refractivity contribution in [3.05, 3.63) is 41.7 Å². The van der Waals surface area contributed by atoms with Crippen LogP contribution in [0.5, 0.6) is 0 Å². The summed E-state index contributed by atoms with van der Waals surface area (Å²) in [6.45, 7) is 4.21. The second-order valence-electron chi connectivity index (χ2n) is 4.32. The van der Waals surface area contributed by atoms with Gasteiger partial charge in [0.2, 0.25) is 0 Å². The number of anilines is 1. The fourth-order valence-corrected chi connectivity index (χ4v) is 2.72. The van der Waals surface area contributed by atoms with Gasteiger partial charge in [0, 0.05) is 10.5 Å². The number of nitrogens with zero attached hydrogens (tertiary/aromatic N) is 2. The number of aryl methyl sites for hydroxylation is 1. The molecule has 0 saturated heterocycles. The number of hydrogen-bond donors (Lipinski definition) is 2. The molecule has 0 spiro atoms. The summed E-state index contributed by atoms with van der Waals surface area (Å²) in [6, 6.07) is 8.41. The largest absolute Gasteiger partial charge is 0.308 e. The van der Waals surface area contributed by atoms with Gasteiger partial charge in [0.05, 0.1) is 0 Å². The van der Waals surface area contributed by atoms with Crippen LogP contribution in [0.2, 0.25) is 0 Å². The standard InChI is InChI=1S/C14H18N4S/c1-3-4-12-13(18-15)16-9-17-14(12)19-11-7-5-10(2)6-8-11/h5-9H,3-4,15H2,1-2H3,(H,16,17,18). The van der Waals surface area contributed by atoms with Gasteiger partial charge in [0.15, 0.2) is 0 Å². The minimum Gasteiger partial charge on any atom is -0.308 e. The molecular formula is C14H18N4S. The first-order valence-electron chi connectivity index (χ1n) is 6.29. The Morgan fingerprint density at radius 3 is 2.58 bits per heavy atom. The van der Waals surface area contributed by atoms with Crippen molar-refractivity contribution in [3.63, 3.8) is 0 Å². The molecule has 0 bridgehead atoms.